The predicted molar refractivity (Wildman–Crippen MR) is 82.9 cm³/mol. The van der Waals surface area contributed by atoms with E-state index in [-0.39, 0.29) is 4.92 Å². The van der Waals surface area contributed by atoms with E-state index in [0.717, 1.165) is 19.3 Å². The van der Waals surface area contributed by atoms with Gasteiger partial charge in [0.2, 0.25) is 5.54 Å². The second kappa shape index (κ2) is 8.20. The number of nitrogens with one attached hydrogen (secondary N) is 1. The fourth-order valence-electron chi connectivity index (χ4n) is 2.13. The number of alkyl carbamates (subject to hydrolysis) is 1. The first-order valence-corrected chi connectivity index (χ1v) is 7.59. The lowest BCUT2D eigenvalue weighted by Crippen LogP contribution is -2.34. The van der Waals surface area contributed by atoms with Crippen molar-refractivity contribution in [2.75, 3.05) is 6.54 Å². The Labute approximate surface area is 127 Å². The number of nitrogens with zero attached hydrogens (tertiary/aromatic N) is 1. The van der Waals surface area contributed by atoms with Crippen molar-refractivity contribution in [3.05, 3.63) is 10.1 Å². The average molecular weight is 302 g/mol. The lowest BCUT2D eigenvalue weighted by molar-refractivity contribution is -0.563. The minimum atomic E-state index is -0.890. The number of hydrogen-bond donors (Lipinski definition) is 1. The number of ether oxygens (including phenoxy) is 1. The van der Waals surface area contributed by atoms with Crippen LogP contribution in [0.4, 0.5) is 4.79 Å². The van der Waals surface area contributed by atoms with E-state index in [1.807, 2.05) is 27.7 Å². The molecule has 21 heavy (non-hydrogen) atoms. The minimum Gasteiger partial charge on any atom is -0.444 e. The molecule has 0 aliphatic carbocycles. The van der Waals surface area contributed by atoms with Gasteiger partial charge in [-0.1, -0.05) is 13.3 Å². The van der Waals surface area contributed by atoms with E-state index in [1.165, 1.54) is 0 Å². The molecule has 124 valence electrons. The second-order valence-corrected chi connectivity index (χ2v) is 7.12. The van der Waals surface area contributed by atoms with Gasteiger partial charge in [0.05, 0.1) is 0 Å². The Balaban J connectivity index is 4.04. The summed E-state index contributed by atoms with van der Waals surface area (Å²) in [5.41, 5.74) is -1.38. The summed E-state index contributed by atoms with van der Waals surface area (Å²) in [6, 6.07) is 0. The van der Waals surface area contributed by atoms with Gasteiger partial charge in [-0.15, -0.1) is 0 Å². The van der Waals surface area contributed by atoms with E-state index in [4.69, 9.17) is 4.74 Å². The molecule has 0 radical (unpaired) electrons. The van der Waals surface area contributed by atoms with Crippen molar-refractivity contribution in [2.45, 2.75) is 78.4 Å². The van der Waals surface area contributed by atoms with Gasteiger partial charge in [0.25, 0.3) is 0 Å². The van der Waals surface area contributed by atoms with Crippen LogP contribution in [0, 0.1) is 16.0 Å². The van der Waals surface area contributed by atoms with Crippen molar-refractivity contribution in [3.8, 4) is 0 Å². The fourth-order valence-corrected chi connectivity index (χ4v) is 2.13. The molecular weight excluding hydrogens is 272 g/mol. The average Bonchev–Trinajstić information content (AvgIpc) is 2.30. The van der Waals surface area contributed by atoms with Gasteiger partial charge >= 0.3 is 6.09 Å². The molecule has 1 atom stereocenters. The van der Waals surface area contributed by atoms with Crippen LogP contribution in [0.1, 0.15) is 67.2 Å². The number of nitro groups is 1. The summed E-state index contributed by atoms with van der Waals surface area (Å²) in [5, 5.41) is 13.7. The lowest BCUT2D eigenvalue weighted by atomic mass is 9.86. The smallest absolute Gasteiger partial charge is 0.407 e. The summed E-state index contributed by atoms with van der Waals surface area (Å²) in [7, 11) is 0. The Morgan fingerprint density at radius 3 is 2.29 bits per heavy atom. The molecule has 0 aromatic rings. The quantitative estimate of drug-likeness (QED) is 0.420. The van der Waals surface area contributed by atoms with Crippen LogP contribution in [0.15, 0.2) is 0 Å². The monoisotopic (exact) mass is 302 g/mol. The number of hydrogen-bond acceptors (Lipinski definition) is 4. The maximum Gasteiger partial charge on any atom is 0.407 e. The number of carbonyl (C=O) groups excluding carboxylic acids is 1. The summed E-state index contributed by atoms with van der Waals surface area (Å²) in [6.45, 7) is 11.4. The van der Waals surface area contributed by atoms with Crippen LogP contribution >= 0.6 is 0 Å². The largest absolute Gasteiger partial charge is 0.444 e. The van der Waals surface area contributed by atoms with Crippen LogP contribution in [0.25, 0.3) is 0 Å². The molecule has 0 saturated carbocycles. The highest BCUT2D eigenvalue weighted by Crippen LogP contribution is 2.25. The molecule has 0 bridgehead atoms. The topological polar surface area (TPSA) is 81.5 Å². The van der Waals surface area contributed by atoms with Crippen LogP contribution in [-0.4, -0.2) is 28.7 Å². The molecule has 1 N–H and O–H groups in total. The second-order valence-electron chi connectivity index (χ2n) is 7.12. The molecule has 0 aromatic carbocycles. The van der Waals surface area contributed by atoms with Crippen LogP contribution in [-0.2, 0) is 4.74 Å². The van der Waals surface area contributed by atoms with Crippen LogP contribution in [0.2, 0.25) is 0 Å². The van der Waals surface area contributed by atoms with Gasteiger partial charge in [0.1, 0.15) is 5.60 Å². The lowest BCUT2D eigenvalue weighted by Gasteiger charge is -2.22. The van der Waals surface area contributed by atoms with Gasteiger partial charge in [0.15, 0.2) is 0 Å². The molecule has 0 aliphatic rings. The van der Waals surface area contributed by atoms with Crippen molar-refractivity contribution < 1.29 is 14.5 Å². The summed E-state index contributed by atoms with van der Waals surface area (Å²) in [4.78, 5) is 22.2. The fraction of sp³-hybridized carbons (Fsp3) is 0.933. The zero-order chi connectivity index (χ0) is 16.7. The number of carbonyl (C=O) groups is 1. The molecule has 0 heterocycles. The van der Waals surface area contributed by atoms with Gasteiger partial charge in [-0.2, -0.15) is 0 Å². The van der Waals surface area contributed by atoms with E-state index in [1.54, 1.807) is 13.8 Å². The third kappa shape index (κ3) is 9.26. The normalized spacial score (nSPS) is 13.6. The molecule has 0 rings (SSSR count). The molecule has 0 fully saturated rings. The molecule has 0 saturated heterocycles. The Morgan fingerprint density at radius 1 is 1.29 bits per heavy atom. The molecule has 6 heteroatoms. The molecular formula is C15H30N2O4. The van der Waals surface area contributed by atoms with Crippen LogP contribution < -0.4 is 5.32 Å². The van der Waals surface area contributed by atoms with E-state index in [9.17, 15) is 14.9 Å². The third-order valence-corrected chi connectivity index (χ3v) is 3.32. The molecule has 0 aliphatic heterocycles. The minimum absolute atomic E-state index is 0.214. The first-order chi connectivity index (χ1) is 9.48. The van der Waals surface area contributed by atoms with Crippen molar-refractivity contribution in [1.29, 1.82) is 0 Å². The Morgan fingerprint density at radius 2 is 1.86 bits per heavy atom. The van der Waals surface area contributed by atoms with Gasteiger partial charge in [-0.3, -0.25) is 10.1 Å². The van der Waals surface area contributed by atoms with E-state index >= 15 is 0 Å². The predicted octanol–water partition coefficient (Wildman–Crippen LogP) is 3.76. The van der Waals surface area contributed by atoms with E-state index < -0.39 is 17.2 Å². The summed E-state index contributed by atoms with van der Waals surface area (Å²) in [5.74, 6) is 0.297. The van der Waals surface area contributed by atoms with E-state index in [0.29, 0.717) is 18.9 Å². The first kappa shape index (κ1) is 19.7. The Hall–Kier alpha value is -1.33. The highest BCUT2D eigenvalue weighted by molar-refractivity contribution is 5.67. The first-order valence-electron chi connectivity index (χ1n) is 7.59. The molecule has 0 spiro atoms. The summed E-state index contributed by atoms with van der Waals surface area (Å²) in [6.07, 6.45) is 2.71. The third-order valence-electron chi connectivity index (χ3n) is 3.32. The van der Waals surface area contributed by atoms with E-state index in [2.05, 4.69) is 5.32 Å². The summed E-state index contributed by atoms with van der Waals surface area (Å²) < 4.78 is 5.14. The van der Waals surface area contributed by atoms with Crippen molar-refractivity contribution in [1.82, 2.24) is 5.32 Å². The molecule has 0 aromatic heterocycles. The maximum atomic E-state index is 11.5. The zero-order valence-corrected chi connectivity index (χ0v) is 14.2. The molecule has 0 unspecified atom stereocenters. The Bertz CT molecular complexity index is 348. The Kier molecular flexibility index (Phi) is 7.68. The number of rotatable bonds is 8. The maximum absolute atomic E-state index is 11.5. The van der Waals surface area contributed by atoms with Crippen molar-refractivity contribution >= 4 is 6.09 Å². The zero-order valence-electron chi connectivity index (χ0n) is 14.2. The standard InChI is InChI=1S/C15H30N2O4/c1-7-12(11-15(5,6)17(19)20)9-8-10-16-13(18)21-14(2,3)4/h12H,7-11H2,1-6H3,(H,16,18)/t12-/m1/s1. The van der Waals surface area contributed by atoms with Crippen LogP contribution in [0.3, 0.4) is 0 Å². The summed E-state index contributed by atoms with van der Waals surface area (Å²) >= 11 is 0. The van der Waals surface area contributed by atoms with Gasteiger partial charge < -0.3 is 10.1 Å². The highest BCUT2D eigenvalue weighted by Gasteiger charge is 2.33. The van der Waals surface area contributed by atoms with Gasteiger partial charge in [-0.25, -0.2) is 4.79 Å². The number of amides is 1. The van der Waals surface area contributed by atoms with Crippen molar-refractivity contribution in [3.63, 3.8) is 0 Å². The van der Waals surface area contributed by atoms with Gasteiger partial charge in [0, 0.05) is 31.7 Å². The SMILES string of the molecule is CC[C@H](CCCNC(=O)OC(C)(C)C)CC(C)(C)[N+](=O)[O-]. The van der Waals surface area contributed by atoms with Crippen molar-refractivity contribution in [2.24, 2.45) is 5.92 Å². The molecule has 1 amide bonds. The highest BCUT2D eigenvalue weighted by atomic mass is 16.6. The van der Waals surface area contributed by atoms with Gasteiger partial charge in [-0.05, 0) is 39.5 Å². The molecule has 6 nitrogen and oxygen atoms in total. The van der Waals surface area contributed by atoms with Crippen LogP contribution in [0.5, 0.6) is 0 Å².